The molecule has 0 aromatic heterocycles. The van der Waals surface area contributed by atoms with E-state index >= 15 is 0 Å². The van der Waals surface area contributed by atoms with Crippen LogP contribution in [0.3, 0.4) is 0 Å². The van der Waals surface area contributed by atoms with E-state index in [1.165, 1.54) is 11.6 Å². The SMILES string of the molecule is CCC(C)c1cccc(-c2cccc(F)c2)c1. The molecule has 17 heavy (non-hydrogen) atoms. The second kappa shape index (κ2) is 5.13. The van der Waals surface area contributed by atoms with Crippen LogP contribution in [-0.2, 0) is 0 Å². The van der Waals surface area contributed by atoms with Crippen molar-refractivity contribution in [3.63, 3.8) is 0 Å². The van der Waals surface area contributed by atoms with Crippen molar-refractivity contribution >= 4 is 0 Å². The minimum absolute atomic E-state index is 0.184. The van der Waals surface area contributed by atoms with E-state index in [-0.39, 0.29) is 5.82 Å². The highest BCUT2D eigenvalue weighted by Gasteiger charge is 2.05. The third kappa shape index (κ3) is 2.73. The maximum atomic E-state index is 13.2. The molecule has 0 saturated heterocycles. The van der Waals surface area contributed by atoms with Crippen LogP contribution >= 0.6 is 0 Å². The van der Waals surface area contributed by atoms with E-state index in [1.807, 2.05) is 18.2 Å². The summed E-state index contributed by atoms with van der Waals surface area (Å²) < 4.78 is 13.2. The van der Waals surface area contributed by atoms with E-state index in [2.05, 4.69) is 26.0 Å². The number of halogens is 1. The first-order valence-electron chi connectivity index (χ1n) is 6.06. The number of hydrogen-bond acceptors (Lipinski definition) is 0. The van der Waals surface area contributed by atoms with Crippen molar-refractivity contribution in [1.29, 1.82) is 0 Å². The Morgan fingerprint density at radius 1 is 1.00 bits per heavy atom. The minimum atomic E-state index is -0.184. The molecule has 0 fully saturated rings. The molecule has 0 aliphatic carbocycles. The van der Waals surface area contributed by atoms with Crippen molar-refractivity contribution in [3.05, 3.63) is 59.9 Å². The lowest BCUT2D eigenvalue weighted by atomic mass is 9.95. The molecule has 0 amide bonds. The van der Waals surface area contributed by atoms with Crippen molar-refractivity contribution in [3.8, 4) is 11.1 Å². The fourth-order valence-corrected chi connectivity index (χ4v) is 1.93. The summed E-state index contributed by atoms with van der Waals surface area (Å²) in [4.78, 5) is 0. The van der Waals surface area contributed by atoms with Crippen LogP contribution in [0.2, 0.25) is 0 Å². The van der Waals surface area contributed by atoms with Gasteiger partial charge in [0.1, 0.15) is 5.82 Å². The van der Waals surface area contributed by atoms with Gasteiger partial charge in [0.05, 0.1) is 0 Å². The third-order valence-electron chi connectivity index (χ3n) is 3.23. The van der Waals surface area contributed by atoms with Crippen molar-refractivity contribution in [2.45, 2.75) is 26.2 Å². The van der Waals surface area contributed by atoms with Crippen LogP contribution in [0.25, 0.3) is 11.1 Å². The molecule has 2 rings (SSSR count). The summed E-state index contributed by atoms with van der Waals surface area (Å²) in [6.45, 7) is 4.39. The fourth-order valence-electron chi connectivity index (χ4n) is 1.93. The smallest absolute Gasteiger partial charge is 0.123 e. The average Bonchev–Trinajstić information content (AvgIpc) is 2.38. The van der Waals surface area contributed by atoms with E-state index in [4.69, 9.17) is 0 Å². The molecule has 0 heterocycles. The first-order chi connectivity index (χ1) is 8.20. The summed E-state index contributed by atoms with van der Waals surface area (Å²) >= 11 is 0. The van der Waals surface area contributed by atoms with Gasteiger partial charge in [-0.15, -0.1) is 0 Å². The molecule has 0 saturated carbocycles. The van der Waals surface area contributed by atoms with Gasteiger partial charge in [-0.2, -0.15) is 0 Å². The van der Waals surface area contributed by atoms with Gasteiger partial charge in [0, 0.05) is 0 Å². The predicted molar refractivity (Wildman–Crippen MR) is 70.5 cm³/mol. The van der Waals surface area contributed by atoms with Crippen LogP contribution < -0.4 is 0 Å². The van der Waals surface area contributed by atoms with Crippen LogP contribution in [0.4, 0.5) is 4.39 Å². The lowest BCUT2D eigenvalue weighted by Crippen LogP contribution is -1.91. The molecule has 1 atom stereocenters. The van der Waals surface area contributed by atoms with Crippen molar-refractivity contribution in [2.24, 2.45) is 0 Å². The van der Waals surface area contributed by atoms with Crippen LogP contribution in [0.5, 0.6) is 0 Å². The molecule has 0 N–H and O–H groups in total. The molecule has 1 heteroatoms. The summed E-state index contributed by atoms with van der Waals surface area (Å²) in [6, 6.07) is 15.1. The fraction of sp³-hybridized carbons (Fsp3) is 0.250. The van der Waals surface area contributed by atoms with Crippen LogP contribution in [0.1, 0.15) is 31.7 Å². The molecule has 0 radical (unpaired) electrons. The first-order valence-corrected chi connectivity index (χ1v) is 6.06. The van der Waals surface area contributed by atoms with E-state index in [1.54, 1.807) is 12.1 Å². The Bertz CT molecular complexity index is 502. The van der Waals surface area contributed by atoms with Gasteiger partial charge in [-0.3, -0.25) is 0 Å². The molecule has 0 nitrogen and oxygen atoms in total. The maximum Gasteiger partial charge on any atom is 0.123 e. The van der Waals surface area contributed by atoms with Crippen molar-refractivity contribution in [1.82, 2.24) is 0 Å². The average molecular weight is 228 g/mol. The first kappa shape index (κ1) is 11.8. The molecule has 0 bridgehead atoms. The van der Waals surface area contributed by atoms with E-state index in [0.29, 0.717) is 5.92 Å². The molecule has 0 spiro atoms. The van der Waals surface area contributed by atoms with Crippen molar-refractivity contribution in [2.75, 3.05) is 0 Å². The monoisotopic (exact) mass is 228 g/mol. The third-order valence-corrected chi connectivity index (χ3v) is 3.23. The Hall–Kier alpha value is -1.63. The Labute approximate surface area is 102 Å². The topological polar surface area (TPSA) is 0 Å². The molecule has 2 aromatic rings. The Kier molecular flexibility index (Phi) is 3.58. The minimum Gasteiger partial charge on any atom is -0.207 e. The van der Waals surface area contributed by atoms with Gasteiger partial charge < -0.3 is 0 Å². The quantitative estimate of drug-likeness (QED) is 0.693. The Morgan fingerprint density at radius 3 is 2.29 bits per heavy atom. The molecular weight excluding hydrogens is 211 g/mol. The molecule has 2 aromatic carbocycles. The lowest BCUT2D eigenvalue weighted by molar-refractivity contribution is 0.628. The normalized spacial score (nSPS) is 12.4. The van der Waals surface area contributed by atoms with Gasteiger partial charge in [-0.25, -0.2) is 4.39 Å². The van der Waals surface area contributed by atoms with Gasteiger partial charge in [0.25, 0.3) is 0 Å². The van der Waals surface area contributed by atoms with Gasteiger partial charge in [0.15, 0.2) is 0 Å². The zero-order chi connectivity index (χ0) is 12.3. The second-order valence-electron chi connectivity index (χ2n) is 4.45. The van der Waals surface area contributed by atoms with Gasteiger partial charge in [0.2, 0.25) is 0 Å². The van der Waals surface area contributed by atoms with E-state index in [0.717, 1.165) is 17.5 Å². The predicted octanol–water partition coefficient (Wildman–Crippen LogP) is 5.01. The Balaban J connectivity index is 2.39. The standard InChI is InChI=1S/C16H17F/c1-3-12(2)13-6-4-7-14(10-13)15-8-5-9-16(17)11-15/h4-12H,3H2,1-2H3. The van der Waals surface area contributed by atoms with Crippen LogP contribution in [0, 0.1) is 5.82 Å². The van der Waals surface area contributed by atoms with Gasteiger partial charge >= 0.3 is 0 Å². The lowest BCUT2D eigenvalue weighted by Gasteiger charge is -2.11. The summed E-state index contributed by atoms with van der Waals surface area (Å²) in [5, 5.41) is 0. The van der Waals surface area contributed by atoms with E-state index in [9.17, 15) is 4.39 Å². The highest BCUT2D eigenvalue weighted by Crippen LogP contribution is 2.25. The van der Waals surface area contributed by atoms with Gasteiger partial charge in [-0.05, 0) is 41.2 Å². The number of hydrogen-bond donors (Lipinski definition) is 0. The molecular formula is C16H17F. The van der Waals surface area contributed by atoms with Crippen LogP contribution in [-0.4, -0.2) is 0 Å². The molecule has 88 valence electrons. The zero-order valence-corrected chi connectivity index (χ0v) is 10.3. The molecule has 0 aliphatic rings. The van der Waals surface area contributed by atoms with E-state index < -0.39 is 0 Å². The highest BCUT2D eigenvalue weighted by atomic mass is 19.1. The number of benzene rings is 2. The molecule has 0 aliphatic heterocycles. The zero-order valence-electron chi connectivity index (χ0n) is 10.3. The summed E-state index contributed by atoms with van der Waals surface area (Å²) in [5.74, 6) is 0.361. The summed E-state index contributed by atoms with van der Waals surface area (Å²) in [6.07, 6.45) is 1.12. The molecule has 1 unspecified atom stereocenters. The van der Waals surface area contributed by atoms with Crippen molar-refractivity contribution < 1.29 is 4.39 Å². The maximum absolute atomic E-state index is 13.2. The van der Waals surface area contributed by atoms with Crippen LogP contribution in [0.15, 0.2) is 48.5 Å². The number of rotatable bonds is 3. The van der Waals surface area contributed by atoms with Gasteiger partial charge in [-0.1, -0.05) is 50.2 Å². The highest BCUT2D eigenvalue weighted by molar-refractivity contribution is 5.64. The largest absolute Gasteiger partial charge is 0.207 e. The summed E-state index contributed by atoms with van der Waals surface area (Å²) in [7, 11) is 0. The Morgan fingerprint density at radius 2 is 1.65 bits per heavy atom. The summed E-state index contributed by atoms with van der Waals surface area (Å²) in [5.41, 5.74) is 3.34. The second-order valence-corrected chi connectivity index (χ2v) is 4.45.